The Morgan fingerprint density at radius 3 is 2.48 bits per heavy atom. The Kier molecular flexibility index (Phi) is 5.98. The summed E-state index contributed by atoms with van der Waals surface area (Å²) in [6.45, 7) is 3.23. The zero-order valence-electron chi connectivity index (χ0n) is 13.9. The van der Waals surface area contributed by atoms with Crippen LogP contribution < -0.4 is 5.32 Å². The predicted octanol–water partition coefficient (Wildman–Crippen LogP) is 3.65. The number of Topliss-reactive ketones (excluding diaryl/α,β-unsaturated/α-hetero) is 1. The van der Waals surface area contributed by atoms with Crippen molar-refractivity contribution in [3.63, 3.8) is 0 Å². The maximum Gasteiger partial charge on any atom is 0.225 e. The van der Waals surface area contributed by atoms with Crippen molar-refractivity contribution in [1.82, 2.24) is 0 Å². The number of rotatable bonds is 6. The second kappa shape index (κ2) is 7.80. The van der Waals surface area contributed by atoms with E-state index in [1.807, 2.05) is 0 Å². The van der Waals surface area contributed by atoms with Gasteiger partial charge < -0.3 is 5.32 Å². The first-order valence-electron chi connectivity index (χ1n) is 7.59. The number of hydrogen-bond donors (Lipinski definition) is 1. The van der Waals surface area contributed by atoms with Crippen LogP contribution in [-0.2, 0) is 14.6 Å². The van der Waals surface area contributed by atoms with Crippen LogP contribution in [0.25, 0.3) is 0 Å². The van der Waals surface area contributed by atoms with Gasteiger partial charge in [0, 0.05) is 22.7 Å². The molecule has 0 aliphatic carbocycles. The minimum Gasteiger partial charge on any atom is -0.326 e. The van der Waals surface area contributed by atoms with Gasteiger partial charge in [0.2, 0.25) is 5.91 Å². The topological polar surface area (TPSA) is 80.3 Å². The SMILES string of the molecule is CC(=O)c1ccc(C)c(NC(=O)CCS(=O)(=O)c2cccc(Cl)c2)c1. The molecule has 2 rings (SSSR count). The van der Waals surface area contributed by atoms with E-state index in [0.717, 1.165) is 5.56 Å². The minimum atomic E-state index is -3.60. The Bertz CT molecular complexity index is 922. The van der Waals surface area contributed by atoms with Gasteiger partial charge >= 0.3 is 0 Å². The maximum atomic E-state index is 12.3. The smallest absolute Gasteiger partial charge is 0.225 e. The van der Waals surface area contributed by atoms with Crippen LogP contribution in [0.2, 0.25) is 5.02 Å². The van der Waals surface area contributed by atoms with Crippen LogP contribution in [0.3, 0.4) is 0 Å². The van der Waals surface area contributed by atoms with Gasteiger partial charge in [-0.2, -0.15) is 0 Å². The molecule has 25 heavy (non-hydrogen) atoms. The van der Waals surface area contributed by atoms with E-state index in [0.29, 0.717) is 16.3 Å². The molecule has 5 nitrogen and oxygen atoms in total. The largest absolute Gasteiger partial charge is 0.326 e. The first kappa shape index (κ1) is 19.1. The predicted molar refractivity (Wildman–Crippen MR) is 97.9 cm³/mol. The highest BCUT2D eigenvalue weighted by Gasteiger charge is 2.17. The summed E-state index contributed by atoms with van der Waals surface area (Å²) < 4.78 is 24.5. The maximum absolute atomic E-state index is 12.3. The lowest BCUT2D eigenvalue weighted by atomic mass is 10.1. The van der Waals surface area contributed by atoms with Gasteiger partial charge in [0.05, 0.1) is 10.6 Å². The second-order valence-corrected chi connectivity index (χ2v) is 8.21. The number of aryl methyl sites for hydroxylation is 1. The Morgan fingerprint density at radius 2 is 1.84 bits per heavy atom. The first-order valence-corrected chi connectivity index (χ1v) is 9.62. The monoisotopic (exact) mass is 379 g/mol. The van der Waals surface area contributed by atoms with Gasteiger partial charge in [-0.15, -0.1) is 0 Å². The molecule has 0 spiro atoms. The lowest BCUT2D eigenvalue weighted by molar-refractivity contribution is -0.115. The van der Waals surface area contributed by atoms with E-state index in [4.69, 9.17) is 11.6 Å². The van der Waals surface area contributed by atoms with E-state index in [9.17, 15) is 18.0 Å². The third-order valence-corrected chi connectivity index (χ3v) is 5.62. The Hall–Kier alpha value is -2.18. The standard InChI is InChI=1S/C18H18ClNO4S/c1-12-6-7-14(13(2)21)10-17(12)20-18(22)8-9-25(23,24)16-5-3-4-15(19)11-16/h3-7,10-11H,8-9H2,1-2H3,(H,20,22). The normalized spacial score (nSPS) is 11.2. The third-order valence-electron chi connectivity index (χ3n) is 3.67. The summed E-state index contributed by atoms with van der Waals surface area (Å²) in [5.41, 5.74) is 1.77. The summed E-state index contributed by atoms with van der Waals surface area (Å²) >= 11 is 5.81. The number of hydrogen-bond acceptors (Lipinski definition) is 4. The molecular weight excluding hydrogens is 362 g/mol. The highest BCUT2D eigenvalue weighted by Crippen LogP contribution is 2.19. The zero-order valence-corrected chi connectivity index (χ0v) is 15.4. The van der Waals surface area contributed by atoms with Crippen LogP contribution in [0.5, 0.6) is 0 Å². The summed E-state index contributed by atoms with van der Waals surface area (Å²) in [5.74, 6) is -0.876. The molecule has 2 aromatic carbocycles. The molecule has 0 radical (unpaired) electrons. The molecule has 7 heteroatoms. The van der Waals surface area contributed by atoms with E-state index >= 15 is 0 Å². The van der Waals surface area contributed by atoms with Crippen LogP contribution in [0, 0.1) is 6.92 Å². The van der Waals surface area contributed by atoms with Gasteiger partial charge in [-0.1, -0.05) is 29.8 Å². The molecule has 0 bridgehead atoms. The van der Waals surface area contributed by atoms with Crippen molar-refractivity contribution in [2.45, 2.75) is 25.2 Å². The molecule has 132 valence electrons. The molecule has 0 aromatic heterocycles. The molecular formula is C18H18ClNO4S. The first-order chi connectivity index (χ1) is 11.7. The fourth-order valence-corrected chi connectivity index (χ4v) is 3.73. The molecule has 0 saturated carbocycles. The lowest BCUT2D eigenvalue weighted by Gasteiger charge is -2.10. The summed E-state index contributed by atoms with van der Waals surface area (Å²) in [4.78, 5) is 23.6. The van der Waals surface area contributed by atoms with Crippen molar-refractivity contribution >= 4 is 38.8 Å². The third kappa shape index (κ3) is 5.14. The van der Waals surface area contributed by atoms with Gasteiger partial charge in [0.1, 0.15) is 0 Å². The van der Waals surface area contributed by atoms with Gasteiger partial charge in [0.25, 0.3) is 0 Å². The minimum absolute atomic E-state index is 0.0857. The van der Waals surface area contributed by atoms with Crippen LogP contribution in [-0.4, -0.2) is 25.9 Å². The average Bonchev–Trinajstić information content (AvgIpc) is 2.55. The van der Waals surface area contributed by atoms with Gasteiger partial charge in [0.15, 0.2) is 15.6 Å². The Labute approximate surface area is 151 Å². The Balaban J connectivity index is 2.06. The number of nitrogens with one attached hydrogen (secondary N) is 1. The van der Waals surface area contributed by atoms with Crippen molar-refractivity contribution in [2.75, 3.05) is 11.1 Å². The molecule has 1 N–H and O–H groups in total. The summed E-state index contributed by atoms with van der Waals surface area (Å²) in [6, 6.07) is 10.9. The highest BCUT2D eigenvalue weighted by atomic mass is 35.5. The number of carbonyl (C=O) groups excluding carboxylic acids is 2. The van der Waals surface area contributed by atoms with E-state index in [1.54, 1.807) is 37.3 Å². The lowest BCUT2D eigenvalue weighted by Crippen LogP contribution is -2.18. The van der Waals surface area contributed by atoms with Crippen molar-refractivity contribution < 1.29 is 18.0 Å². The van der Waals surface area contributed by atoms with Crippen LogP contribution in [0.1, 0.15) is 29.3 Å². The van der Waals surface area contributed by atoms with E-state index < -0.39 is 15.7 Å². The van der Waals surface area contributed by atoms with Gasteiger partial charge in [-0.05, 0) is 43.7 Å². The molecule has 0 fully saturated rings. The second-order valence-electron chi connectivity index (χ2n) is 5.66. The number of anilines is 1. The molecule has 0 aliphatic heterocycles. The molecule has 0 atom stereocenters. The van der Waals surface area contributed by atoms with Crippen molar-refractivity contribution in [3.8, 4) is 0 Å². The summed E-state index contributed by atoms with van der Waals surface area (Å²) in [5, 5.41) is 2.98. The van der Waals surface area contributed by atoms with Crippen molar-refractivity contribution in [3.05, 3.63) is 58.6 Å². The van der Waals surface area contributed by atoms with Crippen LogP contribution >= 0.6 is 11.6 Å². The molecule has 1 amide bonds. The molecule has 0 heterocycles. The number of benzene rings is 2. The molecule has 2 aromatic rings. The highest BCUT2D eigenvalue weighted by molar-refractivity contribution is 7.91. The number of amides is 1. The molecule has 0 unspecified atom stereocenters. The van der Waals surface area contributed by atoms with Crippen molar-refractivity contribution in [1.29, 1.82) is 0 Å². The Morgan fingerprint density at radius 1 is 1.12 bits per heavy atom. The number of carbonyl (C=O) groups is 2. The summed E-state index contributed by atoms with van der Waals surface area (Å²) in [7, 11) is -3.60. The quantitative estimate of drug-likeness (QED) is 0.777. The fraction of sp³-hybridized carbons (Fsp3) is 0.222. The number of ketones is 1. The van der Waals surface area contributed by atoms with E-state index in [1.165, 1.54) is 19.1 Å². The average molecular weight is 380 g/mol. The summed E-state index contributed by atoms with van der Waals surface area (Å²) in [6.07, 6.45) is -0.196. The van der Waals surface area contributed by atoms with Gasteiger partial charge in [-0.3, -0.25) is 9.59 Å². The van der Waals surface area contributed by atoms with Crippen LogP contribution in [0.4, 0.5) is 5.69 Å². The molecule has 0 saturated heterocycles. The molecule has 0 aliphatic rings. The van der Waals surface area contributed by atoms with Gasteiger partial charge in [-0.25, -0.2) is 8.42 Å². The zero-order chi connectivity index (χ0) is 18.6. The van der Waals surface area contributed by atoms with Crippen molar-refractivity contribution in [2.24, 2.45) is 0 Å². The van der Waals surface area contributed by atoms with E-state index in [-0.39, 0.29) is 22.9 Å². The van der Waals surface area contributed by atoms with Crippen LogP contribution in [0.15, 0.2) is 47.4 Å². The number of sulfone groups is 1. The van der Waals surface area contributed by atoms with E-state index in [2.05, 4.69) is 5.32 Å². The fourth-order valence-electron chi connectivity index (χ4n) is 2.19. The number of halogens is 1.